The van der Waals surface area contributed by atoms with Crippen molar-refractivity contribution in [3.05, 3.63) is 42.2 Å². The fourth-order valence-electron chi connectivity index (χ4n) is 2.58. The minimum atomic E-state index is -0.388. The van der Waals surface area contributed by atoms with Crippen LogP contribution >= 0.6 is 0 Å². The molecule has 0 bridgehead atoms. The van der Waals surface area contributed by atoms with Crippen molar-refractivity contribution in [2.75, 3.05) is 26.7 Å². The lowest BCUT2D eigenvalue weighted by molar-refractivity contribution is -0.139. The number of carbonyl (C=O) groups excluding carboxylic acids is 2. The molecule has 1 aromatic heterocycles. The van der Waals surface area contributed by atoms with Crippen LogP contribution in [0.4, 0.5) is 4.39 Å². The van der Waals surface area contributed by atoms with Gasteiger partial charge in [0.2, 0.25) is 11.8 Å². The molecule has 0 atom stereocenters. The van der Waals surface area contributed by atoms with Crippen molar-refractivity contribution in [3.63, 3.8) is 0 Å². The number of hydrogen-bond donors (Lipinski definition) is 0. The van der Waals surface area contributed by atoms with E-state index in [2.05, 4.69) is 4.98 Å². The summed E-state index contributed by atoms with van der Waals surface area (Å²) in [6.07, 6.45) is 1.90. The number of rotatable bonds is 8. The molecule has 0 N–H and O–H groups in total. The Morgan fingerprint density at radius 3 is 2.50 bits per heavy atom. The highest BCUT2D eigenvalue weighted by atomic mass is 19.1. The van der Waals surface area contributed by atoms with Gasteiger partial charge in [0.1, 0.15) is 5.82 Å². The number of oxazole rings is 1. The molecule has 0 aliphatic heterocycles. The van der Waals surface area contributed by atoms with Crippen LogP contribution < -0.4 is 0 Å². The molecule has 26 heavy (non-hydrogen) atoms. The molecule has 2 rings (SSSR count). The molecule has 0 unspecified atom stereocenters. The van der Waals surface area contributed by atoms with Crippen LogP contribution in [0.5, 0.6) is 0 Å². The topological polar surface area (TPSA) is 66.7 Å². The molecule has 0 aliphatic carbocycles. The predicted octanol–water partition coefficient (Wildman–Crippen LogP) is 2.74. The monoisotopic (exact) mass is 361 g/mol. The fraction of sp³-hybridized carbons (Fsp3) is 0.421. The van der Waals surface area contributed by atoms with E-state index in [4.69, 9.17) is 4.42 Å². The number of nitrogens with zero attached hydrogens (tertiary/aromatic N) is 3. The number of likely N-dealkylation sites (N-methyl/N-ethyl adjacent to an activating group) is 2. The molecular formula is C19H24FN3O3. The lowest BCUT2D eigenvalue weighted by Crippen LogP contribution is -2.41. The Labute approximate surface area is 152 Å². The Balaban J connectivity index is 1.90. The summed E-state index contributed by atoms with van der Waals surface area (Å²) >= 11 is 0. The number of benzene rings is 1. The van der Waals surface area contributed by atoms with Gasteiger partial charge in [-0.25, -0.2) is 9.37 Å². The highest BCUT2D eigenvalue weighted by Gasteiger charge is 2.17. The Hall–Kier alpha value is -2.70. The summed E-state index contributed by atoms with van der Waals surface area (Å²) in [4.78, 5) is 31.4. The maximum atomic E-state index is 13.8. The van der Waals surface area contributed by atoms with E-state index in [0.29, 0.717) is 30.3 Å². The maximum absolute atomic E-state index is 13.8. The number of amides is 2. The number of carbonyl (C=O) groups is 2. The number of aryl methyl sites for hydroxylation is 1. The van der Waals surface area contributed by atoms with Crippen molar-refractivity contribution in [1.29, 1.82) is 0 Å². The largest absolute Gasteiger partial charge is 0.441 e. The molecule has 7 heteroatoms. The predicted molar refractivity (Wildman–Crippen MR) is 95.8 cm³/mol. The van der Waals surface area contributed by atoms with Crippen LogP contribution in [0.2, 0.25) is 0 Å². The van der Waals surface area contributed by atoms with E-state index in [1.54, 1.807) is 30.1 Å². The van der Waals surface area contributed by atoms with E-state index in [1.807, 2.05) is 13.8 Å². The smallest absolute Gasteiger partial charge is 0.242 e. The summed E-state index contributed by atoms with van der Waals surface area (Å²) in [5, 5.41) is 0. The third-order valence-corrected chi connectivity index (χ3v) is 4.16. The van der Waals surface area contributed by atoms with Crippen LogP contribution in [0.25, 0.3) is 11.3 Å². The van der Waals surface area contributed by atoms with Crippen LogP contribution in [0.1, 0.15) is 26.2 Å². The van der Waals surface area contributed by atoms with Gasteiger partial charge in [0, 0.05) is 33.0 Å². The zero-order valence-corrected chi connectivity index (χ0v) is 15.4. The summed E-state index contributed by atoms with van der Waals surface area (Å²) < 4.78 is 19.3. The second-order valence-corrected chi connectivity index (χ2v) is 5.91. The van der Waals surface area contributed by atoms with Gasteiger partial charge < -0.3 is 14.2 Å². The Bertz CT molecular complexity index is 756. The molecule has 2 amide bonds. The van der Waals surface area contributed by atoms with Crippen molar-refractivity contribution in [3.8, 4) is 11.3 Å². The second-order valence-electron chi connectivity index (χ2n) is 5.91. The van der Waals surface area contributed by atoms with Gasteiger partial charge in [0.15, 0.2) is 11.7 Å². The van der Waals surface area contributed by atoms with Crippen molar-refractivity contribution in [2.24, 2.45) is 0 Å². The van der Waals surface area contributed by atoms with E-state index >= 15 is 0 Å². The minimum absolute atomic E-state index is 0.0482. The summed E-state index contributed by atoms with van der Waals surface area (Å²) in [5.74, 6) is 0.0524. The molecule has 6 nitrogen and oxygen atoms in total. The summed E-state index contributed by atoms with van der Waals surface area (Å²) in [5.41, 5.74) is 0.333. The van der Waals surface area contributed by atoms with Gasteiger partial charge in [-0.05, 0) is 26.0 Å². The minimum Gasteiger partial charge on any atom is -0.441 e. The van der Waals surface area contributed by atoms with Gasteiger partial charge in [-0.3, -0.25) is 9.59 Å². The lowest BCUT2D eigenvalue weighted by Gasteiger charge is -2.23. The van der Waals surface area contributed by atoms with Crippen molar-refractivity contribution >= 4 is 11.8 Å². The Morgan fingerprint density at radius 2 is 1.85 bits per heavy atom. The van der Waals surface area contributed by atoms with Gasteiger partial charge in [0.05, 0.1) is 18.3 Å². The first kappa shape index (κ1) is 19.6. The van der Waals surface area contributed by atoms with Crippen LogP contribution in [0, 0.1) is 5.82 Å². The first-order chi connectivity index (χ1) is 12.5. The molecule has 140 valence electrons. The first-order valence-electron chi connectivity index (χ1n) is 8.67. The van der Waals surface area contributed by atoms with E-state index in [9.17, 15) is 14.0 Å². The van der Waals surface area contributed by atoms with Gasteiger partial charge in [-0.1, -0.05) is 12.1 Å². The fourth-order valence-corrected chi connectivity index (χ4v) is 2.58. The van der Waals surface area contributed by atoms with Crippen LogP contribution in [-0.4, -0.2) is 53.3 Å². The average molecular weight is 361 g/mol. The molecule has 2 aromatic rings. The molecule has 0 spiro atoms. The summed E-state index contributed by atoms with van der Waals surface area (Å²) in [7, 11) is 1.60. The SMILES string of the molecule is CCN(CC)C(=O)CN(C)C(=O)CCc1ncc(-c2ccccc2F)o1. The third-order valence-electron chi connectivity index (χ3n) is 4.16. The molecule has 0 saturated carbocycles. The van der Waals surface area contributed by atoms with Crippen LogP contribution in [-0.2, 0) is 16.0 Å². The molecular weight excluding hydrogens is 337 g/mol. The molecule has 0 saturated heterocycles. The average Bonchev–Trinajstić information content (AvgIpc) is 3.09. The Kier molecular flexibility index (Phi) is 6.89. The van der Waals surface area contributed by atoms with Crippen LogP contribution in [0.3, 0.4) is 0 Å². The molecule has 0 fully saturated rings. The maximum Gasteiger partial charge on any atom is 0.242 e. The number of aromatic nitrogens is 1. The Morgan fingerprint density at radius 1 is 1.15 bits per heavy atom. The van der Waals surface area contributed by atoms with Gasteiger partial charge in [-0.2, -0.15) is 0 Å². The lowest BCUT2D eigenvalue weighted by atomic mass is 10.2. The molecule has 1 aromatic carbocycles. The van der Waals surface area contributed by atoms with Gasteiger partial charge >= 0.3 is 0 Å². The molecule has 0 aliphatic rings. The summed E-state index contributed by atoms with van der Waals surface area (Å²) in [6, 6.07) is 6.27. The highest BCUT2D eigenvalue weighted by molar-refractivity contribution is 5.84. The zero-order chi connectivity index (χ0) is 19.1. The van der Waals surface area contributed by atoms with Crippen LogP contribution in [0.15, 0.2) is 34.9 Å². The summed E-state index contributed by atoms with van der Waals surface area (Å²) in [6.45, 7) is 5.09. The van der Waals surface area contributed by atoms with Crippen molar-refractivity contribution < 1.29 is 18.4 Å². The van der Waals surface area contributed by atoms with Gasteiger partial charge in [-0.15, -0.1) is 0 Å². The standard InChI is InChI=1S/C19H24FN3O3/c1-4-23(5-2)19(25)13-22(3)18(24)11-10-17-21-12-16(26-17)14-8-6-7-9-15(14)20/h6-9,12H,4-5,10-11,13H2,1-3H3. The van der Waals surface area contributed by atoms with Crippen molar-refractivity contribution in [2.45, 2.75) is 26.7 Å². The number of hydrogen-bond acceptors (Lipinski definition) is 4. The third kappa shape index (κ3) is 4.91. The van der Waals surface area contributed by atoms with E-state index < -0.39 is 0 Å². The molecule has 0 radical (unpaired) electrons. The van der Waals surface area contributed by atoms with E-state index in [0.717, 1.165) is 0 Å². The second kappa shape index (κ2) is 9.12. The first-order valence-corrected chi connectivity index (χ1v) is 8.67. The van der Waals surface area contributed by atoms with E-state index in [-0.39, 0.29) is 37.0 Å². The van der Waals surface area contributed by atoms with Gasteiger partial charge in [0.25, 0.3) is 0 Å². The zero-order valence-electron chi connectivity index (χ0n) is 15.4. The van der Waals surface area contributed by atoms with E-state index in [1.165, 1.54) is 17.2 Å². The van der Waals surface area contributed by atoms with Crippen molar-refractivity contribution in [1.82, 2.24) is 14.8 Å². The normalized spacial score (nSPS) is 10.6. The molecule has 1 heterocycles. The highest BCUT2D eigenvalue weighted by Crippen LogP contribution is 2.23. The number of halogens is 1. The quantitative estimate of drug-likeness (QED) is 0.725.